The van der Waals surface area contributed by atoms with Gasteiger partial charge in [0.05, 0.1) is 24.4 Å². The van der Waals surface area contributed by atoms with Gasteiger partial charge in [-0.2, -0.15) is 0 Å². The van der Waals surface area contributed by atoms with Gasteiger partial charge in [0, 0.05) is 30.3 Å². The molecule has 0 unspecified atom stereocenters. The van der Waals surface area contributed by atoms with E-state index < -0.39 is 0 Å². The summed E-state index contributed by atoms with van der Waals surface area (Å²) in [6.45, 7) is 0.513. The van der Waals surface area contributed by atoms with E-state index in [1.54, 1.807) is 6.20 Å². The summed E-state index contributed by atoms with van der Waals surface area (Å²) in [5, 5.41) is 13.6. The first-order valence-corrected chi connectivity index (χ1v) is 9.02. The normalized spacial score (nSPS) is 19.6. The average Bonchev–Trinajstić information content (AvgIpc) is 3.28. The van der Waals surface area contributed by atoms with Crippen LogP contribution in [0.2, 0.25) is 0 Å². The van der Waals surface area contributed by atoms with E-state index in [0.717, 1.165) is 17.1 Å². The molecule has 2 atom stereocenters. The van der Waals surface area contributed by atoms with Crippen molar-refractivity contribution in [2.24, 2.45) is 0 Å². The van der Waals surface area contributed by atoms with Crippen LogP contribution in [0.25, 0.3) is 5.69 Å². The predicted octanol–water partition coefficient (Wildman–Crippen LogP) is 2.84. The van der Waals surface area contributed by atoms with Crippen molar-refractivity contribution >= 4 is 17.3 Å². The number of aromatic nitrogens is 2. The zero-order valence-electron chi connectivity index (χ0n) is 14.2. The summed E-state index contributed by atoms with van der Waals surface area (Å²) in [5.74, 6) is 0. The Hall–Kier alpha value is -2.70. The van der Waals surface area contributed by atoms with Gasteiger partial charge in [-0.05, 0) is 48.6 Å². The molecule has 2 aromatic heterocycles. The minimum absolute atomic E-state index is 0.0410. The molecule has 1 aliphatic rings. The predicted molar refractivity (Wildman–Crippen MR) is 105 cm³/mol. The Morgan fingerprint density at radius 3 is 2.58 bits per heavy atom. The van der Waals surface area contributed by atoms with Crippen LogP contribution in [0.15, 0.2) is 73.1 Å². The van der Waals surface area contributed by atoms with E-state index in [-0.39, 0.29) is 18.7 Å². The van der Waals surface area contributed by atoms with Crippen LogP contribution in [-0.2, 0) is 0 Å². The molecule has 3 heterocycles. The summed E-state index contributed by atoms with van der Waals surface area (Å²) < 4.78 is 2.17. The number of para-hydroxylation sites is 1. The summed E-state index contributed by atoms with van der Waals surface area (Å²) in [7, 11) is 0. The molecule has 1 aromatic carbocycles. The van der Waals surface area contributed by atoms with Gasteiger partial charge < -0.3 is 19.9 Å². The Morgan fingerprint density at radius 1 is 1.04 bits per heavy atom. The van der Waals surface area contributed by atoms with E-state index in [0.29, 0.717) is 11.7 Å². The van der Waals surface area contributed by atoms with Gasteiger partial charge in [0.1, 0.15) is 0 Å². The van der Waals surface area contributed by atoms with Crippen molar-refractivity contribution in [3.8, 4) is 5.69 Å². The maximum atomic E-state index is 9.55. The number of β-amino-alcohol motifs (C(OH)–C–C–N with tert-alkyl or cyclic N) is 1. The molecule has 132 valence electrons. The fourth-order valence-electron chi connectivity index (χ4n) is 3.53. The summed E-state index contributed by atoms with van der Waals surface area (Å²) in [6, 6.07) is 20.1. The Morgan fingerprint density at radius 2 is 1.85 bits per heavy atom. The van der Waals surface area contributed by atoms with E-state index in [1.807, 2.05) is 47.4 Å². The number of pyridine rings is 1. The number of hydrogen-bond donors (Lipinski definition) is 2. The van der Waals surface area contributed by atoms with Crippen molar-refractivity contribution in [2.75, 3.05) is 13.2 Å². The molecular formula is C20H20N4OS. The van der Waals surface area contributed by atoms with Gasteiger partial charge in [-0.15, -0.1) is 0 Å². The van der Waals surface area contributed by atoms with E-state index in [9.17, 15) is 5.11 Å². The number of nitrogens with zero attached hydrogens (tertiary/aromatic N) is 3. The van der Waals surface area contributed by atoms with Gasteiger partial charge in [-0.3, -0.25) is 4.98 Å². The monoisotopic (exact) mass is 364 g/mol. The van der Waals surface area contributed by atoms with Crippen LogP contribution in [0.1, 0.15) is 23.5 Å². The fourth-order valence-corrected chi connectivity index (χ4v) is 3.87. The molecule has 4 rings (SSSR count). The number of nitrogens with one attached hydrogen (secondary N) is 1. The molecule has 0 saturated carbocycles. The third kappa shape index (κ3) is 2.98. The lowest BCUT2D eigenvalue weighted by atomic mass is 10.0. The summed E-state index contributed by atoms with van der Waals surface area (Å²) in [6.07, 6.45) is 3.85. The molecule has 2 N–H and O–H groups in total. The van der Waals surface area contributed by atoms with Gasteiger partial charge in [-0.1, -0.05) is 24.3 Å². The molecule has 6 heteroatoms. The number of benzene rings is 1. The third-order valence-corrected chi connectivity index (χ3v) is 5.01. The van der Waals surface area contributed by atoms with Gasteiger partial charge in [0.25, 0.3) is 0 Å². The summed E-state index contributed by atoms with van der Waals surface area (Å²) in [5.41, 5.74) is 3.13. The lowest BCUT2D eigenvalue weighted by Gasteiger charge is -2.28. The maximum Gasteiger partial charge on any atom is 0.170 e. The zero-order valence-corrected chi connectivity index (χ0v) is 15.0. The van der Waals surface area contributed by atoms with Crippen molar-refractivity contribution in [3.63, 3.8) is 0 Å². The molecule has 1 fully saturated rings. The topological polar surface area (TPSA) is 53.3 Å². The second kappa shape index (κ2) is 7.27. The molecule has 0 aliphatic carbocycles. The van der Waals surface area contributed by atoms with Crippen LogP contribution < -0.4 is 5.32 Å². The summed E-state index contributed by atoms with van der Waals surface area (Å²) in [4.78, 5) is 6.58. The first-order chi connectivity index (χ1) is 12.8. The second-order valence-electron chi connectivity index (χ2n) is 6.18. The molecule has 0 radical (unpaired) electrons. The highest BCUT2D eigenvalue weighted by Gasteiger charge is 2.40. The molecule has 1 saturated heterocycles. The minimum atomic E-state index is -0.0763. The number of aliphatic hydroxyl groups is 1. The van der Waals surface area contributed by atoms with Gasteiger partial charge in [0.15, 0.2) is 5.11 Å². The van der Waals surface area contributed by atoms with Crippen LogP contribution in [0.3, 0.4) is 0 Å². The zero-order chi connectivity index (χ0) is 17.9. The molecular weight excluding hydrogens is 344 g/mol. The Bertz CT molecular complexity index is 881. The van der Waals surface area contributed by atoms with Crippen LogP contribution >= 0.6 is 12.2 Å². The maximum absolute atomic E-state index is 9.55. The van der Waals surface area contributed by atoms with Crippen molar-refractivity contribution in [1.29, 1.82) is 0 Å². The first-order valence-electron chi connectivity index (χ1n) is 8.61. The standard InChI is InChI=1S/C20H20N4OS/c25-14-13-24-19(18(22-20(24)26)16-9-4-5-11-21-16)17-10-6-12-23(17)15-7-2-1-3-8-15/h1-12,18-19,25H,13-14H2,(H,22,26)/t18-,19+/m0/s1. The number of rotatable bonds is 5. The SMILES string of the molecule is OCCN1C(=S)N[C@@H](c2ccccn2)[C@H]1c1cccn1-c1ccccc1. The number of thiocarbonyl (C=S) groups is 1. The molecule has 1 aliphatic heterocycles. The molecule has 0 bridgehead atoms. The van der Waals surface area contributed by atoms with Gasteiger partial charge in [-0.25, -0.2) is 0 Å². The van der Waals surface area contributed by atoms with Gasteiger partial charge >= 0.3 is 0 Å². The number of hydrogen-bond acceptors (Lipinski definition) is 3. The average molecular weight is 364 g/mol. The molecule has 3 aromatic rings. The minimum Gasteiger partial charge on any atom is -0.395 e. The van der Waals surface area contributed by atoms with E-state index >= 15 is 0 Å². The lowest BCUT2D eigenvalue weighted by molar-refractivity contribution is 0.220. The van der Waals surface area contributed by atoms with Crippen molar-refractivity contribution in [2.45, 2.75) is 12.1 Å². The van der Waals surface area contributed by atoms with Crippen LogP contribution in [0, 0.1) is 0 Å². The molecule has 0 spiro atoms. The smallest absolute Gasteiger partial charge is 0.170 e. The van der Waals surface area contributed by atoms with Gasteiger partial charge in [0.2, 0.25) is 0 Å². The Balaban J connectivity index is 1.81. The Labute approximate surface area is 157 Å². The lowest BCUT2D eigenvalue weighted by Crippen LogP contribution is -2.32. The highest BCUT2D eigenvalue weighted by Crippen LogP contribution is 2.39. The molecule has 5 nitrogen and oxygen atoms in total. The van der Waals surface area contributed by atoms with E-state index in [4.69, 9.17) is 12.2 Å². The van der Waals surface area contributed by atoms with Crippen LogP contribution in [0.4, 0.5) is 0 Å². The second-order valence-corrected chi connectivity index (χ2v) is 6.57. The highest BCUT2D eigenvalue weighted by atomic mass is 32.1. The van der Waals surface area contributed by atoms with Crippen LogP contribution in [0.5, 0.6) is 0 Å². The van der Waals surface area contributed by atoms with Crippen molar-refractivity contribution in [3.05, 3.63) is 84.4 Å². The molecule has 26 heavy (non-hydrogen) atoms. The van der Waals surface area contributed by atoms with Crippen LogP contribution in [-0.4, -0.2) is 37.8 Å². The Kier molecular flexibility index (Phi) is 4.69. The summed E-state index contributed by atoms with van der Waals surface area (Å²) >= 11 is 5.56. The fraction of sp³-hybridized carbons (Fsp3) is 0.200. The quantitative estimate of drug-likeness (QED) is 0.682. The third-order valence-electron chi connectivity index (χ3n) is 4.66. The highest BCUT2D eigenvalue weighted by molar-refractivity contribution is 7.80. The molecule has 0 amide bonds. The largest absolute Gasteiger partial charge is 0.395 e. The van der Waals surface area contributed by atoms with E-state index in [2.05, 4.69) is 39.3 Å². The number of aliphatic hydroxyl groups excluding tert-OH is 1. The van der Waals surface area contributed by atoms with Crippen molar-refractivity contribution in [1.82, 2.24) is 19.8 Å². The van der Waals surface area contributed by atoms with E-state index in [1.165, 1.54) is 0 Å². The van der Waals surface area contributed by atoms with Crippen molar-refractivity contribution < 1.29 is 5.11 Å². The first kappa shape index (κ1) is 16.8.